The highest BCUT2D eigenvalue weighted by molar-refractivity contribution is 5.25. The molecule has 0 radical (unpaired) electrons. The summed E-state index contributed by atoms with van der Waals surface area (Å²) in [7, 11) is 0. The summed E-state index contributed by atoms with van der Waals surface area (Å²) in [6.07, 6.45) is 12.4. The molecule has 4 atom stereocenters. The van der Waals surface area contributed by atoms with Crippen LogP contribution in [0.4, 0.5) is 0 Å². The summed E-state index contributed by atoms with van der Waals surface area (Å²) in [6.45, 7) is 10.5. The summed E-state index contributed by atoms with van der Waals surface area (Å²) in [4.78, 5) is 0. The van der Waals surface area contributed by atoms with Crippen LogP contribution in [0, 0.1) is 11.8 Å². The van der Waals surface area contributed by atoms with Gasteiger partial charge in [-0.25, -0.2) is 0 Å². The molecule has 0 aromatic carbocycles. The van der Waals surface area contributed by atoms with Gasteiger partial charge in [-0.05, 0) is 34.1 Å². The molecule has 0 saturated carbocycles. The first-order valence-corrected chi connectivity index (χ1v) is 11.8. The highest BCUT2D eigenvalue weighted by Crippen LogP contribution is 2.43. The van der Waals surface area contributed by atoms with Crippen LogP contribution in [0.3, 0.4) is 0 Å². The number of ether oxygens (including phenoxy) is 5. The predicted octanol–water partition coefficient (Wildman–Crippen LogP) is 5.47. The Labute approximate surface area is 182 Å². The summed E-state index contributed by atoms with van der Waals surface area (Å²) in [6, 6.07) is 0. The van der Waals surface area contributed by atoms with Crippen molar-refractivity contribution in [2.75, 3.05) is 6.61 Å². The molecule has 30 heavy (non-hydrogen) atoms. The van der Waals surface area contributed by atoms with E-state index in [1.807, 2.05) is 33.8 Å². The van der Waals surface area contributed by atoms with Crippen molar-refractivity contribution in [2.45, 2.75) is 128 Å². The van der Waals surface area contributed by atoms with Crippen LogP contribution in [-0.2, 0) is 23.7 Å². The molecule has 0 aromatic rings. The number of hydrogen-bond donors (Lipinski definition) is 0. The quantitative estimate of drug-likeness (QED) is 0.365. The number of fused-ring (bicyclic) bond motifs is 1. The third-order valence-corrected chi connectivity index (χ3v) is 5.87. The van der Waals surface area contributed by atoms with E-state index in [1.165, 1.54) is 44.9 Å². The molecule has 170 valence electrons. The fraction of sp³-hybridized carbons (Fsp3) is 0.840. The van der Waals surface area contributed by atoms with E-state index in [9.17, 15) is 0 Å². The zero-order valence-electron chi connectivity index (χ0n) is 19.5. The van der Waals surface area contributed by atoms with Gasteiger partial charge in [-0.2, -0.15) is 0 Å². The Morgan fingerprint density at radius 1 is 0.867 bits per heavy atom. The molecule has 3 heterocycles. The van der Waals surface area contributed by atoms with Crippen molar-refractivity contribution in [3.63, 3.8) is 0 Å². The Hall–Kier alpha value is -1.06. The Kier molecular flexibility index (Phi) is 8.26. The predicted molar refractivity (Wildman–Crippen MR) is 117 cm³/mol. The van der Waals surface area contributed by atoms with Crippen LogP contribution in [0.15, 0.2) is 11.8 Å². The van der Waals surface area contributed by atoms with E-state index in [0.717, 1.165) is 18.6 Å². The van der Waals surface area contributed by atoms with Crippen molar-refractivity contribution in [1.29, 1.82) is 0 Å². The first-order valence-electron chi connectivity index (χ1n) is 11.8. The molecular formula is C25H40O5. The largest absolute Gasteiger partial charge is 0.486 e. The fourth-order valence-electron chi connectivity index (χ4n) is 4.36. The second-order valence-electron chi connectivity index (χ2n) is 9.56. The molecule has 0 aromatic heterocycles. The lowest BCUT2D eigenvalue weighted by Crippen LogP contribution is -2.40. The Morgan fingerprint density at radius 3 is 2.23 bits per heavy atom. The van der Waals surface area contributed by atoms with Gasteiger partial charge in [0.1, 0.15) is 24.1 Å². The minimum absolute atomic E-state index is 0.179. The van der Waals surface area contributed by atoms with Gasteiger partial charge in [-0.15, -0.1) is 0 Å². The van der Waals surface area contributed by atoms with Gasteiger partial charge >= 0.3 is 0 Å². The van der Waals surface area contributed by atoms with Crippen LogP contribution in [0.2, 0.25) is 0 Å². The van der Waals surface area contributed by atoms with Crippen molar-refractivity contribution in [3.05, 3.63) is 11.8 Å². The first kappa shape index (κ1) is 23.6. The third kappa shape index (κ3) is 6.47. The van der Waals surface area contributed by atoms with Gasteiger partial charge in [-0.1, -0.05) is 63.7 Å². The topological polar surface area (TPSA) is 46.2 Å². The Balaban J connectivity index is 1.47. The van der Waals surface area contributed by atoms with E-state index in [-0.39, 0.29) is 24.4 Å². The van der Waals surface area contributed by atoms with Crippen molar-refractivity contribution < 1.29 is 23.7 Å². The van der Waals surface area contributed by atoms with Crippen molar-refractivity contribution in [2.24, 2.45) is 0 Å². The smallest absolute Gasteiger partial charge is 0.164 e. The molecule has 5 heteroatoms. The van der Waals surface area contributed by atoms with Crippen LogP contribution in [0.5, 0.6) is 0 Å². The minimum Gasteiger partial charge on any atom is -0.486 e. The van der Waals surface area contributed by atoms with Gasteiger partial charge in [0.05, 0.1) is 6.61 Å². The summed E-state index contributed by atoms with van der Waals surface area (Å²) in [5.74, 6) is 5.94. The molecule has 3 rings (SSSR count). The SMILES string of the molecule is CCCCCCCCCCC#C/C=C1\O[C@H]([C@H]2COC(C)(C)O2)[C@@H]2OC(C)(C)O[C@H]12. The molecule has 3 fully saturated rings. The third-order valence-electron chi connectivity index (χ3n) is 5.87. The van der Waals surface area contributed by atoms with Crippen LogP contribution in [-0.4, -0.2) is 42.6 Å². The van der Waals surface area contributed by atoms with Gasteiger partial charge in [0.15, 0.2) is 17.7 Å². The zero-order valence-corrected chi connectivity index (χ0v) is 19.5. The molecule has 5 nitrogen and oxygen atoms in total. The maximum Gasteiger partial charge on any atom is 0.164 e. The monoisotopic (exact) mass is 420 g/mol. The van der Waals surface area contributed by atoms with Gasteiger partial charge in [0, 0.05) is 12.5 Å². The second kappa shape index (κ2) is 10.5. The lowest BCUT2D eigenvalue weighted by Gasteiger charge is -2.25. The lowest BCUT2D eigenvalue weighted by molar-refractivity contribution is -0.187. The first-order chi connectivity index (χ1) is 14.3. The van der Waals surface area contributed by atoms with E-state index >= 15 is 0 Å². The summed E-state index contributed by atoms with van der Waals surface area (Å²) >= 11 is 0. The zero-order chi connectivity index (χ0) is 21.6. The average Bonchev–Trinajstić information content (AvgIpc) is 3.30. The second-order valence-corrected chi connectivity index (χ2v) is 9.56. The molecule has 0 bridgehead atoms. The lowest BCUT2D eigenvalue weighted by atomic mass is 10.1. The van der Waals surface area contributed by atoms with Crippen molar-refractivity contribution in [3.8, 4) is 11.8 Å². The highest BCUT2D eigenvalue weighted by atomic mass is 16.8. The molecule has 0 N–H and O–H groups in total. The average molecular weight is 421 g/mol. The summed E-state index contributed by atoms with van der Waals surface area (Å²) in [5.41, 5.74) is 0. The van der Waals surface area contributed by atoms with Crippen LogP contribution < -0.4 is 0 Å². The molecule has 0 aliphatic carbocycles. The Bertz CT molecular complexity index is 642. The molecule has 0 amide bonds. The number of hydrogen-bond acceptors (Lipinski definition) is 5. The van der Waals surface area contributed by atoms with Gasteiger partial charge in [0.2, 0.25) is 0 Å². The van der Waals surface area contributed by atoms with Crippen LogP contribution in [0.1, 0.15) is 92.4 Å². The molecule has 0 unspecified atom stereocenters. The highest BCUT2D eigenvalue weighted by Gasteiger charge is 2.57. The van der Waals surface area contributed by atoms with Gasteiger partial charge < -0.3 is 23.7 Å². The fourth-order valence-corrected chi connectivity index (χ4v) is 4.36. The molecular weight excluding hydrogens is 380 g/mol. The molecule has 3 aliphatic rings. The van der Waals surface area contributed by atoms with Crippen molar-refractivity contribution in [1.82, 2.24) is 0 Å². The number of rotatable bonds is 9. The molecule has 3 aliphatic heterocycles. The minimum atomic E-state index is -0.643. The van der Waals surface area contributed by atoms with Crippen LogP contribution in [0.25, 0.3) is 0 Å². The Morgan fingerprint density at radius 2 is 1.57 bits per heavy atom. The van der Waals surface area contributed by atoms with Gasteiger partial charge in [-0.3, -0.25) is 0 Å². The van der Waals surface area contributed by atoms with E-state index in [2.05, 4.69) is 18.8 Å². The maximum atomic E-state index is 6.19. The molecule has 3 saturated heterocycles. The number of unbranched alkanes of at least 4 members (excludes halogenated alkanes) is 8. The van der Waals surface area contributed by atoms with E-state index < -0.39 is 11.6 Å². The van der Waals surface area contributed by atoms with E-state index in [0.29, 0.717) is 6.61 Å². The summed E-state index contributed by atoms with van der Waals surface area (Å²) < 4.78 is 30.2. The van der Waals surface area contributed by atoms with E-state index in [1.54, 1.807) is 0 Å². The van der Waals surface area contributed by atoms with Crippen LogP contribution >= 0.6 is 0 Å². The van der Waals surface area contributed by atoms with Gasteiger partial charge in [0.25, 0.3) is 0 Å². The normalized spacial score (nSPS) is 32.6. The summed E-state index contributed by atoms with van der Waals surface area (Å²) in [5, 5.41) is 0. The standard InChI is InChI=1S/C25H40O5/c1-6-7-8-9-10-11-12-13-14-15-16-17-19-22-23(30-25(4,5)29-22)21(27-19)20-18-26-24(2,3)28-20/h17,20-23H,6-14,18H2,1-5H3/b19-17-/t20-,21-,22-,23+/m1/s1. The number of allylic oxidation sites excluding steroid dienone is 1. The van der Waals surface area contributed by atoms with Crippen molar-refractivity contribution >= 4 is 0 Å². The molecule has 0 spiro atoms. The van der Waals surface area contributed by atoms with E-state index in [4.69, 9.17) is 23.7 Å². The maximum absolute atomic E-state index is 6.19.